The summed E-state index contributed by atoms with van der Waals surface area (Å²) in [5.74, 6) is 2.07. The van der Waals surface area contributed by atoms with Crippen LogP contribution < -0.4 is 10.1 Å². The maximum Gasteiger partial charge on any atom is 0.225 e. The van der Waals surface area contributed by atoms with Gasteiger partial charge in [-0.15, -0.1) is 0 Å². The fraction of sp³-hybridized carbons (Fsp3) is 0.333. The highest BCUT2D eigenvalue weighted by molar-refractivity contribution is 7.98. The summed E-state index contributed by atoms with van der Waals surface area (Å²) >= 11 is 7.53. The van der Waals surface area contributed by atoms with E-state index in [-0.39, 0.29) is 0 Å². The van der Waals surface area contributed by atoms with Gasteiger partial charge in [0, 0.05) is 17.6 Å². The van der Waals surface area contributed by atoms with Crippen LogP contribution in [0.2, 0.25) is 5.02 Å². The molecular formula is C15H18ClN3OS. The lowest BCUT2D eigenvalue weighted by molar-refractivity contribution is 0.449. The van der Waals surface area contributed by atoms with Gasteiger partial charge < -0.3 is 10.1 Å². The predicted molar refractivity (Wildman–Crippen MR) is 89.0 cm³/mol. The molecule has 0 aliphatic carbocycles. The first kappa shape index (κ1) is 15.9. The zero-order valence-corrected chi connectivity index (χ0v) is 14.1. The van der Waals surface area contributed by atoms with Crippen molar-refractivity contribution < 1.29 is 4.74 Å². The van der Waals surface area contributed by atoms with Crippen molar-refractivity contribution in [2.24, 2.45) is 0 Å². The summed E-state index contributed by atoms with van der Waals surface area (Å²) in [7, 11) is 0. The van der Waals surface area contributed by atoms with E-state index in [1.807, 2.05) is 39.2 Å². The minimum absolute atomic E-state index is 0.527. The molecule has 0 spiro atoms. The molecule has 1 aromatic carbocycles. The van der Waals surface area contributed by atoms with Crippen LogP contribution in [0.4, 0.5) is 5.82 Å². The Morgan fingerprint density at radius 1 is 1.19 bits per heavy atom. The fourth-order valence-electron chi connectivity index (χ4n) is 1.98. The molecule has 4 nitrogen and oxygen atoms in total. The maximum absolute atomic E-state index is 6.04. The van der Waals surface area contributed by atoms with Crippen molar-refractivity contribution in [3.63, 3.8) is 0 Å². The molecule has 0 atom stereocenters. The van der Waals surface area contributed by atoms with Crippen molar-refractivity contribution in [2.45, 2.75) is 25.9 Å². The fourth-order valence-corrected chi connectivity index (χ4v) is 2.68. The molecule has 21 heavy (non-hydrogen) atoms. The molecule has 0 aliphatic rings. The molecule has 0 saturated carbocycles. The Labute approximate surface area is 134 Å². The maximum atomic E-state index is 6.04. The highest BCUT2D eigenvalue weighted by Gasteiger charge is 2.10. The Morgan fingerprint density at radius 3 is 2.43 bits per heavy atom. The molecule has 112 valence electrons. The van der Waals surface area contributed by atoms with Gasteiger partial charge in [0.05, 0.1) is 0 Å². The zero-order chi connectivity index (χ0) is 15.4. The summed E-state index contributed by atoms with van der Waals surface area (Å²) in [6.07, 6.45) is 1.94. The second kappa shape index (κ2) is 7.00. The van der Waals surface area contributed by atoms with Gasteiger partial charge in [0.1, 0.15) is 11.6 Å². The zero-order valence-electron chi connectivity index (χ0n) is 12.5. The second-order valence-corrected chi connectivity index (χ2v) is 5.79. The van der Waals surface area contributed by atoms with Gasteiger partial charge in [-0.3, -0.25) is 0 Å². The van der Waals surface area contributed by atoms with Gasteiger partial charge in [0.15, 0.2) is 5.16 Å². The summed E-state index contributed by atoms with van der Waals surface area (Å²) < 4.78 is 5.96. The number of halogens is 1. The van der Waals surface area contributed by atoms with Crippen molar-refractivity contribution in [2.75, 3.05) is 18.1 Å². The molecular weight excluding hydrogens is 306 g/mol. The molecule has 1 N–H and O–H groups in total. The number of anilines is 1. The van der Waals surface area contributed by atoms with E-state index in [0.717, 1.165) is 29.2 Å². The average Bonchev–Trinajstić information content (AvgIpc) is 2.43. The van der Waals surface area contributed by atoms with Crippen LogP contribution in [-0.4, -0.2) is 22.8 Å². The lowest BCUT2D eigenvalue weighted by atomic mass is 10.1. The normalized spacial score (nSPS) is 10.5. The molecule has 1 heterocycles. The van der Waals surface area contributed by atoms with Crippen LogP contribution in [-0.2, 0) is 0 Å². The van der Waals surface area contributed by atoms with Gasteiger partial charge in [-0.2, -0.15) is 4.98 Å². The summed E-state index contributed by atoms with van der Waals surface area (Å²) in [4.78, 5) is 8.77. The molecule has 0 saturated heterocycles. The summed E-state index contributed by atoms with van der Waals surface area (Å²) in [5.41, 5.74) is 1.96. The Balaban J connectivity index is 2.37. The van der Waals surface area contributed by atoms with E-state index in [0.29, 0.717) is 16.1 Å². The highest BCUT2D eigenvalue weighted by Crippen LogP contribution is 2.31. The number of nitrogens with one attached hydrogen (secondary N) is 1. The Bertz CT molecular complexity index is 626. The van der Waals surface area contributed by atoms with Crippen molar-refractivity contribution in [1.82, 2.24) is 9.97 Å². The second-order valence-electron chi connectivity index (χ2n) is 4.58. The molecule has 6 heteroatoms. The van der Waals surface area contributed by atoms with Gasteiger partial charge in [-0.1, -0.05) is 23.4 Å². The van der Waals surface area contributed by atoms with E-state index in [9.17, 15) is 0 Å². The van der Waals surface area contributed by atoms with E-state index < -0.39 is 0 Å². The lowest BCUT2D eigenvalue weighted by Gasteiger charge is -2.13. The Morgan fingerprint density at radius 2 is 1.86 bits per heavy atom. The first-order chi connectivity index (χ1) is 10.0. The smallest absolute Gasteiger partial charge is 0.225 e. The minimum atomic E-state index is 0.527. The van der Waals surface area contributed by atoms with Crippen LogP contribution in [0.15, 0.2) is 23.4 Å². The van der Waals surface area contributed by atoms with E-state index in [2.05, 4.69) is 15.3 Å². The number of aromatic nitrogens is 2. The van der Waals surface area contributed by atoms with E-state index >= 15 is 0 Å². The first-order valence-corrected chi connectivity index (χ1v) is 8.25. The first-order valence-electron chi connectivity index (χ1n) is 6.65. The van der Waals surface area contributed by atoms with Crippen molar-refractivity contribution >= 4 is 29.2 Å². The van der Waals surface area contributed by atoms with Crippen molar-refractivity contribution in [1.29, 1.82) is 0 Å². The molecule has 0 amide bonds. The third-order valence-electron chi connectivity index (χ3n) is 2.85. The van der Waals surface area contributed by atoms with Gasteiger partial charge >= 0.3 is 0 Å². The van der Waals surface area contributed by atoms with Gasteiger partial charge in [0.25, 0.3) is 0 Å². The highest BCUT2D eigenvalue weighted by atomic mass is 35.5. The quantitative estimate of drug-likeness (QED) is 0.638. The molecule has 2 rings (SSSR count). The van der Waals surface area contributed by atoms with Crippen LogP contribution in [0.25, 0.3) is 0 Å². The monoisotopic (exact) mass is 323 g/mol. The Hall–Kier alpha value is -1.46. The largest absolute Gasteiger partial charge is 0.438 e. The van der Waals surface area contributed by atoms with Gasteiger partial charge in [-0.05, 0) is 50.3 Å². The minimum Gasteiger partial charge on any atom is -0.438 e. The number of ether oxygens (including phenoxy) is 1. The van der Waals surface area contributed by atoms with Crippen LogP contribution in [0.5, 0.6) is 11.6 Å². The molecule has 1 aromatic heterocycles. The number of aryl methyl sites for hydroxylation is 2. The molecule has 0 unspecified atom stereocenters. The molecule has 0 radical (unpaired) electrons. The molecule has 0 aliphatic heterocycles. The van der Waals surface area contributed by atoms with E-state index in [4.69, 9.17) is 16.3 Å². The molecule has 2 aromatic rings. The van der Waals surface area contributed by atoms with Crippen LogP contribution in [0, 0.1) is 13.8 Å². The number of thioether (sulfide) groups is 1. The predicted octanol–water partition coefficient (Wildman–Crippen LogP) is 4.69. The summed E-state index contributed by atoms with van der Waals surface area (Å²) in [5, 5.41) is 4.56. The van der Waals surface area contributed by atoms with Crippen LogP contribution >= 0.6 is 23.4 Å². The van der Waals surface area contributed by atoms with Crippen molar-refractivity contribution in [3.05, 3.63) is 34.3 Å². The number of rotatable bonds is 5. The molecule has 0 fully saturated rings. The van der Waals surface area contributed by atoms with Gasteiger partial charge in [0.2, 0.25) is 5.88 Å². The SMILES string of the molecule is CCNc1cc(Oc2c(C)cc(Cl)cc2C)nc(SC)n1. The van der Waals surface area contributed by atoms with E-state index in [1.54, 1.807) is 6.07 Å². The van der Waals surface area contributed by atoms with Gasteiger partial charge in [-0.25, -0.2) is 4.98 Å². The Kier molecular flexibility index (Phi) is 5.31. The lowest BCUT2D eigenvalue weighted by Crippen LogP contribution is -2.02. The van der Waals surface area contributed by atoms with Crippen LogP contribution in [0.1, 0.15) is 18.1 Å². The molecule has 0 bridgehead atoms. The van der Waals surface area contributed by atoms with Crippen LogP contribution in [0.3, 0.4) is 0 Å². The summed E-state index contributed by atoms with van der Waals surface area (Å²) in [6.45, 7) is 6.75. The third kappa shape index (κ3) is 4.02. The standard InChI is InChI=1S/C15H18ClN3OS/c1-5-17-12-8-13(19-15(18-12)21-4)20-14-9(2)6-11(16)7-10(14)3/h6-8H,5H2,1-4H3,(H,17,18,19). The summed E-state index contributed by atoms with van der Waals surface area (Å²) in [6, 6.07) is 5.56. The number of hydrogen-bond donors (Lipinski definition) is 1. The topological polar surface area (TPSA) is 47.0 Å². The number of nitrogens with zero attached hydrogens (tertiary/aromatic N) is 2. The number of benzene rings is 1. The third-order valence-corrected chi connectivity index (χ3v) is 3.62. The van der Waals surface area contributed by atoms with Crippen molar-refractivity contribution in [3.8, 4) is 11.6 Å². The van der Waals surface area contributed by atoms with E-state index in [1.165, 1.54) is 11.8 Å². The number of hydrogen-bond acceptors (Lipinski definition) is 5. The average molecular weight is 324 g/mol.